The van der Waals surface area contributed by atoms with E-state index in [4.69, 9.17) is 0 Å². The normalized spacial score (nSPS) is 37.8. The Morgan fingerprint density at radius 3 is 2.63 bits per heavy atom. The first-order valence-corrected chi connectivity index (χ1v) is 8.51. The van der Waals surface area contributed by atoms with Crippen LogP contribution in [0.15, 0.2) is 0 Å². The van der Waals surface area contributed by atoms with Gasteiger partial charge in [-0.3, -0.25) is 4.79 Å². The Labute approximate surface area is 126 Å². The van der Waals surface area contributed by atoms with Crippen molar-refractivity contribution in [3.63, 3.8) is 0 Å². The monoisotopic (exact) mass is 304 g/mol. The molecule has 0 spiro atoms. The number of hydrogen-bond acceptors (Lipinski definition) is 3. The number of piperidine rings is 1. The number of hydrogen-bond donors (Lipinski definition) is 1. The van der Waals surface area contributed by atoms with Crippen LogP contribution in [0.2, 0.25) is 0 Å². The van der Waals surface area contributed by atoms with Crippen molar-refractivity contribution in [1.82, 2.24) is 10.2 Å². The number of fused-ring (bicyclic) bond motifs is 2. The number of nitrogens with zero attached hydrogens (tertiary/aromatic N) is 1. The summed E-state index contributed by atoms with van der Waals surface area (Å²) in [6.07, 6.45) is 5.89. The molecule has 0 aromatic heterocycles. The molecule has 3 heterocycles. The molecule has 1 amide bonds. The molecular formula is C14H25ClN2OS. The molecule has 3 aliphatic rings. The number of carbonyl (C=O) groups is 1. The van der Waals surface area contributed by atoms with Crippen LogP contribution in [0.25, 0.3) is 0 Å². The van der Waals surface area contributed by atoms with Gasteiger partial charge in [-0.15, -0.1) is 12.4 Å². The Morgan fingerprint density at radius 1 is 1.32 bits per heavy atom. The molecule has 1 N–H and O–H groups in total. The number of carbonyl (C=O) groups excluding carboxylic acids is 1. The number of halogens is 1. The van der Waals surface area contributed by atoms with Crippen LogP contribution in [-0.2, 0) is 4.79 Å². The van der Waals surface area contributed by atoms with E-state index in [1.165, 1.54) is 25.7 Å². The highest BCUT2D eigenvalue weighted by Gasteiger charge is 2.35. The molecule has 3 rings (SSSR count). The van der Waals surface area contributed by atoms with Crippen LogP contribution in [0.3, 0.4) is 0 Å². The fourth-order valence-electron chi connectivity index (χ4n) is 3.80. The molecule has 19 heavy (non-hydrogen) atoms. The van der Waals surface area contributed by atoms with Gasteiger partial charge in [-0.25, -0.2) is 0 Å². The molecular weight excluding hydrogens is 280 g/mol. The summed E-state index contributed by atoms with van der Waals surface area (Å²) >= 11 is 1.98. The lowest BCUT2D eigenvalue weighted by molar-refractivity contribution is -0.134. The zero-order valence-corrected chi connectivity index (χ0v) is 13.3. The second-order valence-electron chi connectivity index (χ2n) is 6.19. The van der Waals surface area contributed by atoms with Gasteiger partial charge in [0.05, 0.1) is 0 Å². The first-order chi connectivity index (χ1) is 8.72. The zero-order chi connectivity index (χ0) is 12.5. The van der Waals surface area contributed by atoms with Gasteiger partial charge in [0.1, 0.15) is 0 Å². The summed E-state index contributed by atoms with van der Waals surface area (Å²) in [4.78, 5) is 14.5. The molecule has 3 fully saturated rings. The number of nitrogens with one attached hydrogen (secondary N) is 1. The molecule has 5 heteroatoms. The second-order valence-corrected chi connectivity index (χ2v) is 7.34. The lowest BCUT2D eigenvalue weighted by atomic mass is 9.89. The molecule has 0 aromatic rings. The van der Waals surface area contributed by atoms with Gasteiger partial charge in [-0.1, -0.05) is 0 Å². The van der Waals surface area contributed by atoms with E-state index in [1.807, 2.05) is 11.8 Å². The largest absolute Gasteiger partial charge is 0.338 e. The Balaban J connectivity index is 0.00000133. The molecule has 0 aromatic carbocycles. The quantitative estimate of drug-likeness (QED) is 0.849. The van der Waals surface area contributed by atoms with E-state index in [2.05, 4.69) is 17.1 Å². The molecule has 3 atom stereocenters. The molecule has 3 unspecified atom stereocenters. The van der Waals surface area contributed by atoms with Crippen molar-refractivity contribution >= 4 is 30.1 Å². The third-order valence-corrected chi connectivity index (χ3v) is 5.91. The van der Waals surface area contributed by atoms with Crippen LogP contribution in [0, 0.1) is 5.92 Å². The fraction of sp³-hybridized carbons (Fsp3) is 0.929. The average Bonchev–Trinajstić information content (AvgIpc) is 2.69. The average molecular weight is 305 g/mol. The maximum absolute atomic E-state index is 12.4. The van der Waals surface area contributed by atoms with Crippen molar-refractivity contribution in [2.24, 2.45) is 5.92 Å². The lowest BCUT2D eigenvalue weighted by Crippen LogP contribution is -2.46. The summed E-state index contributed by atoms with van der Waals surface area (Å²) in [5.74, 6) is 3.28. The number of amides is 1. The minimum atomic E-state index is 0. The maximum atomic E-state index is 12.4. The van der Waals surface area contributed by atoms with Gasteiger partial charge in [0.15, 0.2) is 0 Å². The lowest BCUT2D eigenvalue weighted by Gasteiger charge is -2.35. The summed E-state index contributed by atoms with van der Waals surface area (Å²) in [6, 6.07) is 1.85. The van der Waals surface area contributed by atoms with Gasteiger partial charge in [0.25, 0.3) is 0 Å². The third kappa shape index (κ3) is 3.59. The van der Waals surface area contributed by atoms with Gasteiger partial charge in [-0.05, 0) is 38.5 Å². The Morgan fingerprint density at radius 2 is 2.00 bits per heavy atom. The zero-order valence-electron chi connectivity index (χ0n) is 11.6. The van der Waals surface area contributed by atoms with Crippen LogP contribution >= 0.6 is 24.2 Å². The van der Waals surface area contributed by atoms with E-state index >= 15 is 0 Å². The van der Waals surface area contributed by atoms with Crippen molar-refractivity contribution in [2.75, 3.05) is 18.1 Å². The van der Waals surface area contributed by atoms with Crippen LogP contribution in [0.5, 0.6) is 0 Å². The van der Waals surface area contributed by atoms with E-state index in [0.29, 0.717) is 30.0 Å². The SMILES string of the molecule is CC1CSCCN1C(=O)CC1CC2CCC(C1)N2.Cl. The van der Waals surface area contributed by atoms with Crippen molar-refractivity contribution in [1.29, 1.82) is 0 Å². The van der Waals surface area contributed by atoms with E-state index < -0.39 is 0 Å². The molecule has 3 saturated heterocycles. The Hall–Kier alpha value is 0.0700. The standard InChI is InChI=1S/C14H24N2OS.ClH/c1-10-9-18-5-4-16(10)14(17)8-11-6-12-2-3-13(7-11)15-12;/h10-13,15H,2-9H2,1H3;1H. The Kier molecular flexibility index (Phi) is 5.44. The van der Waals surface area contributed by atoms with E-state index in [9.17, 15) is 4.79 Å². The smallest absolute Gasteiger partial charge is 0.223 e. The molecule has 110 valence electrons. The molecule has 0 aliphatic carbocycles. The van der Waals surface area contributed by atoms with Crippen molar-refractivity contribution < 1.29 is 4.79 Å². The topological polar surface area (TPSA) is 32.3 Å². The van der Waals surface area contributed by atoms with Crippen LogP contribution in [0.1, 0.15) is 39.0 Å². The third-order valence-electron chi connectivity index (χ3n) is 4.72. The summed E-state index contributed by atoms with van der Waals surface area (Å²) in [6.45, 7) is 3.15. The van der Waals surface area contributed by atoms with E-state index in [1.54, 1.807) is 0 Å². The van der Waals surface area contributed by atoms with E-state index in [-0.39, 0.29) is 12.4 Å². The molecule has 0 saturated carbocycles. The Bertz CT molecular complexity index is 317. The molecule has 3 nitrogen and oxygen atoms in total. The first-order valence-electron chi connectivity index (χ1n) is 7.35. The number of thioether (sulfide) groups is 1. The summed E-state index contributed by atoms with van der Waals surface area (Å²) < 4.78 is 0. The predicted octanol–water partition coefficient (Wildman–Crippen LogP) is 2.29. The highest BCUT2D eigenvalue weighted by molar-refractivity contribution is 7.99. The minimum Gasteiger partial charge on any atom is -0.338 e. The van der Waals surface area contributed by atoms with Crippen molar-refractivity contribution in [3.8, 4) is 0 Å². The molecule has 0 radical (unpaired) electrons. The molecule has 2 bridgehead atoms. The van der Waals surface area contributed by atoms with Gasteiger partial charge in [-0.2, -0.15) is 11.8 Å². The maximum Gasteiger partial charge on any atom is 0.223 e. The first kappa shape index (κ1) is 15.5. The van der Waals surface area contributed by atoms with Gasteiger partial charge >= 0.3 is 0 Å². The molecule has 3 aliphatic heterocycles. The highest BCUT2D eigenvalue weighted by atomic mass is 35.5. The van der Waals surface area contributed by atoms with E-state index in [0.717, 1.165) is 24.5 Å². The van der Waals surface area contributed by atoms with Crippen molar-refractivity contribution in [3.05, 3.63) is 0 Å². The van der Waals surface area contributed by atoms with Gasteiger partial charge in [0, 0.05) is 42.6 Å². The second kappa shape index (κ2) is 6.68. The van der Waals surface area contributed by atoms with Gasteiger partial charge in [0.2, 0.25) is 5.91 Å². The van der Waals surface area contributed by atoms with Gasteiger partial charge < -0.3 is 10.2 Å². The van der Waals surface area contributed by atoms with Crippen LogP contribution < -0.4 is 5.32 Å². The summed E-state index contributed by atoms with van der Waals surface area (Å²) in [5.41, 5.74) is 0. The predicted molar refractivity (Wildman–Crippen MR) is 83.0 cm³/mol. The minimum absolute atomic E-state index is 0. The fourth-order valence-corrected chi connectivity index (χ4v) is 4.82. The van der Waals surface area contributed by atoms with Crippen LogP contribution in [-0.4, -0.2) is 47.0 Å². The highest BCUT2D eigenvalue weighted by Crippen LogP contribution is 2.33. The van der Waals surface area contributed by atoms with Crippen molar-refractivity contribution in [2.45, 2.75) is 57.2 Å². The van der Waals surface area contributed by atoms with Crippen LogP contribution in [0.4, 0.5) is 0 Å². The summed E-state index contributed by atoms with van der Waals surface area (Å²) in [7, 11) is 0. The summed E-state index contributed by atoms with van der Waals surface area (Å²) in [5, 5.41) is 3.65. The number of rotatable bonds is 2.